The van der Waals surface area contributed by atoms with Gasteiger partial charge in [-0.3, -0.25) is 0 Å². The van der Waals surface area contributed by atoms with Crippen LogP contribution in [-0.4, -0.2) is 4.98 Å². The quantitative estimate of drug-likeness (QED) is 0.708. The number of aromatic nitrogens is 1. The van der Waals surface area contributed by atoms with Crippen LogP contribution in [0.25, 0.3) is 10.2 Å². The molecular weight excluding hydrogens is 178 g/mol. The van der Waals surface area contributed by atoms with Crippen molar-refractivity contribution in [2.75, 3.05) is 0 Å². The zero-order valence-electron chi connectivity index (χ0n) is 8.35. The number of rotatable bonds is 1. The number of hydrogen-bond acceptors (Lipinski definition) is 1. The second kappa shape index (κ2) is 2.88. The van der Waals surface area contributed by atoms with Gasteiger partial charge in [0.1, 0.15) is 0 Å². The number of hydrogen-bond donors (Lipinski definition) is 1. The van der Waals surface area contributed by atoms with Crippen LogP contribution < -0.4 is 0 Å². The van der Waals surface area contributed by atoms with E-state index in [9.17, 15) is 0 Å². The van der Waals surface area contributed by atoms with Crippen molar-refractivity contribution in [3.8, 4) is 0 Å². The van der Waals surface area contributed by atoms with E-state index in [4.69, 9.17) is 0 Å². The molecule has 0 aliphatic carbocycles. The summed E-state index contributed by atoms with van der Waals surface area (Å²) >= 11 is 1.83. The van der Waals surface area contributed by atoms with Crippen molar-refractivity contribution in [2.24, 2.45) is 5.41 Å². The Labute approximate surface area is 82.8 Å². The summed E-state index contributed by atoms with van der Waals surface area (Å²) in [4.78, 5) is 3.30. The highest BCUT2D eigenvalue weighted by molar-refractivity contribution is 7.17. The van der Waals surface area contributed by atoms with E-state index in [0.717, 1.165) is 6.42 Å². The first-order chi connectivity index (χ1) is 6.06. The summed E-state index contributed by atoms with van der Waals surface area (Å²) in [5, 5.41) is 2.27. The molecule has 0 aliphatic rings. The van der Waals surface area contributed by atoms with Gasteiger partial charge in [-0.05, 0) is 28.8 Å². The van der Waals surface area contributed by atoms with E-state index in [1.807, 2.05) is 17.5 Å². The van der Waals surface area contributed by atoms with E-state index in [1.54, 1.807) is 0 Å². The van der Waals surface area contributed by atoms with Gasteiger partial charge in [-0.1, -0.05) is 20.8 Å². The summed E-state index contributed by atoms with van der Waals surface area (Å²) < 4.78 is 1.37. The lowest BCUT2D eigenvalue weighted by molar-refractivity contribution is 0.413. The van der Waals surface area contributed by atoms with Crippen molar-refractivity contribution in [1.82, 2.24) is 4.98 Å². The van der Waals surface area contributed by atoms with Gasteiger partial charge < -0.3 is 4.98 Å². The molecule has 2 aromatic heterocycles. The Balaban J connectivity index is 2.38. The van der Waals surface area contributed by atoms with Crippen LogP contribution in [0.4, 0.5) is 0 Å². The summed E-state index contributed by atoms with van der Waals surface area (Å²) in [6.07, 6.45) is 3.17. The highest BCUT2D eigenvalue weighted by Crippen LogP contribution is 2.29. The number of fused-ring (bicyclic) bond motifs is 1. The van der Waals surface area contributed by atoms with Crippen molar-refractivity contribution in [3.05, 3.63) is 23.2 Å². The number of aromatic amines is 1. The van der Waals surface area contributed by atoms with Gasteiger partial charge in [-0.25, -0.2) is 0 Å². The summed E-state index contributed by atoms with van der Waals surface area (Å²) in [6, 6.07) is 2.14. The second-order valence-corrected chi connectivity index (χ2v) is 5.63. The largest absolute Gasteiger partial charge is 0.360 e. The van der Waals surface area contributed by atoms with Crippen LogP contribution in [0.5, 0.6) is 0 Å². The van der Waals surface area contributed by atoms with Crippen molar-refractivity contribution in [1.29, 1.82) is 0 Å². The third-order valence-electron chi connectivity index (χ3n) is 2.08. The van der Waals surface area contributed by atoms with E-state index in [0.29, 0.717) is 5.41 Å². The maximum atomic E-state index is 3.30. The molecule has 0 saturated carbocycles. The molecule has 1 nitrogen and oxygen atoms in total. The molecule has 0 fully saturated rings. The van der Waals surface area contributed by atoms with E-state index >= 15 is 0 Å². The molecule has 70 valence electrons. The number of thiophene rings is 1. The minimum atomic E-state index is 0.374. The van der Waals surface area contributed by atoms with Crippen molar-refractivity contribution in [3.63, 3.8) is 0 Å². The molecular formula is C11H15NS. The van der Waals surface area contributed by atoms with E-state index < -0.39 is 0 Å². The average molecular weight is 193 g/mol. The molecule has 0 amide bonds. The molecule has 0 aromatic carbocycles. The first kappa shape index (κ1) is 8.82. The maximum absolute atomic E-state index is 3.30. The lowest BCUT2D eigenvalue weighted by Gasteiger charge is -2.16. The average Bonchev–Trinajstić information content (AvgIpc) is 2.50. The van der Waals surface area contributed by atoms with Crippen molar-refractivity contribution in [2.45, 2.75) is 27.2 Å². The maximum Gasteiger partial charge on any atom is 0.0596 e. The van der Waals surface area contributed by atoms with Gasteiger partial charge >= 0.3 is 0 Å². The topological polar surface area (TPSA) is 15.8 Å². The van der Waals surface area contributed by atoms with Gasteiger partial charge in [0.15, 0.2) is 0 Å². The van der Waals surface area contributed by atoms with Gasteiger partial charge in [0.25, 0.3) is 0 Å². The van der Waals surface area contributed by atoms with Gasteiger partial charge in [-0.2, -0.15) is 0 Å². The Morgan fingerprint density at radius 3 is 2.85 bits per heavy atom. The molecule has 1 N–H and O–H groups in total. The first-order valence-corrected chi connectivity index (χ1v) is 5.48. The monoisotopic (exact) mass is 193 g/mol. The second-order valence-electron chi connectivity index (χ2n) is 4.72. The Morgan fingerprint density at radius 1 is 1.38 bits per heavy atom. The normalized spacial score (nSPS) is 12.5. The fraction of sp³-hybridized carbons (Fsp3) is 0.455. The Bertz CT molecular complexity index is 403. The van der Waals surface area contributed by atoms with Crippen LogP contribution in [0.1, 0.15) is 26.3 Å². The number of H-pyrrole nitrogens is 1. The van der Waals surface area contributed by atoms with Crippen LogP contribution in [0, 0.1) is 5.41 Å². The number of nitrogens with one attached hydrogen (secondary N) is 1. The molecule has 0 saturated heterocycles. The minimum absolute atomic E-state index is 0.374. The molecule has 0 bridgehead atoms. The van der Waals surface area contributed by atoms with Gasteiger partial charge in [0.05, 0.1) is 10.2 Å². The molecule has 0 unspecified atom stereocenters. The summed E-state index contributed by atoms with van der Waals surface area (Å²) in [5.41, 5.74) is 3.16. The zero-order valence-corrected chi connectivity index (χ0v) is 9.16. The van der Waals surface area contributed by atoms with Gasteiger partial charge in [0, 0.05) is 6.20 Å². The van der Waals surface area contributed by atoms with Crippen LogP contribution in [0.15, 0.2) is 17.6 Å². The highest BCUT2D eigenvalue weighted by atomic mass is 32.1. The Morgan fingerprint density at radius 2 is 2.15 bits per heavy atom. The molecule has 0 aliphatic heterocycles. The van der Waals surface area contributed by atoms with Crippen LogP contribution in [-0.2, 0) is 6.42 Å². The molecule has 2 heteroatoms. The third-order valence-corrected chi connectivity index (χ3v) is 3.08. The predicted octanol–water partition coefficient (Wildman–Crippen LogP) is 3.82. The van der Waals surface area contributed by atoms with E-state index in [1.165, 1.54) is 15.8 Å². The molecule has 0 spiro atoms. The zero-order chi connectivity index (χ0) is 9.47. The fourth-order valence-electron chi connectivity index (χ4n) is 1.60. The molecule has 13 heavy (non-hydrogen) atoms. The molecule has 0 radical (unpaired) electrons. The highest BCUT2D eigenvalue weighted by Gasteiger charge is 2.14. The molecule has 2 rings (SSSR count). The minimum Gasteiger partial charge on any atom is -0.360 e. The van der Waals surface area contributed by atoms with E-state index in [2.05, 4.69) is 37.2 Å². The Hall–Kier alpha value is -0.760. The van der Waals surface area contributed by atoms with Crippen LogP contribution in [0.2, 0.25) is 0 Å². The van der Waals surface area contributed by atoms with Crippen LogP contribution in [0.3, 0.4) is 0 Å². The standard InChI is InChI=1S/C11H15NS/c1-11(2,3)6-8-7-13-9-4-5-12-10(8)9/h4-5,7,12H,6H2,1-3H3. The van der Waals surface area contributed by atoms with E-state index in [-0.39, 0.29) is 0 Å². The van der Waals surface area contributed by atoms with Gasteiger partial charge in [0.2, 0.25) is 0 Å². The lowest BCUT2D eigenvalue weighted by Crippen LogP contribution is -2.08. The molecule has 2 aromatic rings. The fourth-order valence-corrected chi connectivity index (χ4v) is 2.52. The molecule has 0 atom stereocenters. The lowest BCUT2D eigenvalue weighted by atomic mass is 9.89. The third kappa shape index (κ3) is 1.78. The SMILES string of the molecule is CC(C)(C)Cc1csc2cc[nH]c12. The predicted molar refractivity (Wildman–Crippen MR) is 59.3 cm³/mol. The summed E-state index contributed by atoms with van der Waals surface area (Å²) in [7, 11) is 0. The Kier molecular flexibility index (Phi) is 1.95. The summed E-state index contributed by atoms with van der Waals surface area (Å²) in [6.45, 7) is 6.83. The smallest absolute Gasteiger partial charge is 0.0596 e. The van der Waals surface area contributed by atoms with Crippen molar-refractivity contribution < 1.29 is 0 Å². The van der Waals surface area contributed by atoms with Gasteiger partial charge in [-0.15, -0.1) is 11.3 Å². The van der Waals surface area contributed by atoms with Crippen molar-refractivity contribution >= 4 is 21.6 Å². The first-order valence-electron chi connectivity index (χ1n) is 4.60. The molecule has 2 heterocycles. The van der Waals surface area contributed by atoms with Crippen LogP contribution >= 0.6 is 11.3 Å². The summed E-state index contributed by atoms with van der Waals surface area (Å²) in [5.74, 6) is 0.